The predicted molar refractivity (Wildman–Crippen MR) is 54.0 cm³/mol. The summed E-state index contributed by atoms with van der Waals surface area (Å²) < 4.78 is 1.84. The number of aryl methyl sites for hydroxylation is 1. The van der Waals surface area contributed by atoms with Crippen LogP contribution < -0.4 is 0 Å². The van der Waals surface area contributed by atoms with Gasteiger partial charge in [0.15, 0.2) is 0 Å². The molecule has 80 valence electrons. The Balaban J connectivity index is 2.35. The minimum Gasteiger partial charge on any atom is -0.396 e. The molecule has 0 radical (unpaired) electrons. The van der Waals surface area contributed by atoms with Crippen molar-refractivity contribution in [3.63, 3.8) is 0 Å². The van der Waals surface area contributed by atoms with Crippen molar-refractivity contribution in [1.82, 2.24) is 19.9 Å². The van der Waals surface area contributed by atoms with Gasteiger partial charge in [-0.3, -0.25) is 4.68 Å². The molecule has 0 aliphatic rings. The molecule has 5 nitrogen and oxygen atoms in total. The summed E-state index contributed by atoms with van der Waals surface area (Å²) in [4.78, 5) is 2.11. The predicted octanol–water partition coefficient (Wildman–Crippen LogP) is -0.235. The van der Waals surface area contributed by atoms with E-state index in [2.05, 4.69) is 15.2 Å². The Morgan fingerprint density at radius 1 is 1.50 bits per heavy atom. The fourth-order valence-corrected chi connectivity index (χ4v) is 1.12. The molecule has 0 saturated heterocycles. The van der Waals surface area contributed by atoms with Crippen molar-refractivity contribution >= 4 is 0 Å². The highest BCUT2D eigenvalue weighted by molar-refractivity contribution is 4.92. The third-order valence-electron chi connectivity index (χ3n) is 1.95. The average Bonchev–Trinajstić information content (AvgIpc) is 2.59. The monoisotopic (exact) mass is 198 g/mol. The summed E-state index contributed by atoms with van der Waals surface area (Å²) in [6.07, 6.45) is 3.50. The van der Waals surface area contributed by atoms with E-state index < -0.39 is 0 Å². The molecule has 1 rings (SSSR count). The second kappa shape index (κ2) is 5.72. The lowest BCUT2D eigenvalue weighted by Crippen LogP contribution is -2.18. The van der Waals surface area contributed by atoms with Crippen LogP contribution in [0.1, 0.15) is 12.1 Å². The van der Waals surface area contributed by atoms with Gasteiger partial charge in [-0.1, -0.05) is 5.21 Å². The largest absolute Gasteiger partial charge is 0.396 e. The Morgan fingerprint density at radius 3 is 2.93 bits per heavy atom. The third kappa shape index (κ3) is 3.85. The van der Waals surface area contributed by atoms with Gasteiger partial charge in [0.1, 0.15) is 0 Å². The molecule has 0 saturated carbocycles. The van der Waals surface area contributed by atoms with E-state index in [0.717, 1.165) is 31.6 Å². The van der Waals surface area contributed by atoms with Crippen molar-refractivity contribution in [2.24, 2.45) is 0 Å². The average molecular weight is 198 g/mol. The van der Waals surface area contributed by atoms with Crippen LogP contribution in [0.25, 0.3) is 0 Å². The van der Waals surface area contributed by atoms with Crippen LogP contribution in [0, 0.1) is 0 Å². The summed E-state index contributed by atoms with van der Waals surface area (Å²) >= 11 is 0. The molecule has 5 heteroatoms. The van der Waals surface area contributed by atoms with Gasteiger partial charge in [-0.25, -0.2) is 0 Å². The molecule has 1 heterocycles. The van der Waals surface area contributed by atoms with E-state index in [-0.39, 0.29) is 6.61 Å². The first-order valence-corrected chi connectivity index (χ1v) is 4.87. The normalized spacial score (nSPS) is 11.1. The second-order valence-electron chi connectivity index (χ2n) is 3.60. The van der Waals surface area contributed by atoms with Gasteiger partial charge in [-0.2, -0.15) is 0 Å². The van der Waals surface area contributed by atoms with Gasteiger partial charge in [-0.05, 0) is 26.9 Å². The molecule has 0 aliphatic carbocycles. The first-order valence-electron chi connectivity index (χ1n) is 4.87. The molecule has 1 aromatic rings. The highest BCUT2D eigenvalue weighted by Crippen LogP contribution is 1.97. The van der Waals surface area contributed by atoms with Crippen LogP contribution in [-0.2, 0) is 13.0 Å². The highest BCUT2D eigenvalue weighted by Gasteiger charge is 2.00. The van der Waals surface area contributed by atoms with Gasteiger partial charge in [0.2, 0.25) is 0 Å². The summed E-state index contributed by atoms with van der Waals surface area (Å²) in [5, 5.41) is 16.7. The van der Waals surface area contributed by atoms with Crippen molar-refractivity contribution < 1.29 is 5.11 Å². The number of hydrogen-bond donors (Lipinski definition) is 1. The van der Waals surface area contributed by atoms with Crippen LogP contribution in [0.2, 0.25) is 0 Å². The standard InChI is InChI=1S/C9H18N4O/c1-12(2)5-6-13-8-9(10-11-13)4-3-7-14/h8,14H,3-7H2,1-2H3. The van der Waals surface area contributed by atoms with Gasteiger partial charge in [0.25, 0.3) is 0 Å². The van der Waals surface area contributed by atoms with E-state index in [1.165, 1.54) is 0 Å². The van der Waals surface area contributed by atoms with Crippen LogP contribution in [-0.4, -0.2) is 52.2 Å². The summed E-state index contributed by atoms with van der Waals surface area (Å²) in [7, 11) is 4.06. The molecule has 1 N–H and O–H groups in total. The van der Waals surface area contributed by atoms with Crippen molar-refractivity contribution in [3.8, 4) is 0 Å². The van der Waals surface area contributed by atoms with Crippen molar-refractivity contribution in [2.75, 3.05) is 27.2 Å². The zero-order valence-electron chi connectivity index (χ0n) is 8.85. The van der Waals surface area contributed by atoms with E-state index >= 15 is 0 Å². The van der Waals surface area contributed by atoms with Gasteiger partial charge < -0.3 is 10.0 Å². The Bertz CT molecular complexity index is 259. The lowest BCUT2D eigenvalue weighted by Gasteiger charge is -2.07. The number of aliphatic hydroxyl groups is 1. The van der Waals surface area contributed by atoms with Crippen molar-refractivity contribution in [2.45, 2.75) is 19.4 Å². The first-order chi connectivity index (χ1) is 6.72. The first kappa shape index (κ1) is 11.1. The summed E-state index contributed by atoms with van der Waals surface area (Å²) in [6, 6.07) is 0. The lowest BCUT2D eigenvalue weighted by molar-refractivity contribution is 0.288. The SMILES string of the molecule is CN(C)CCn1cc(CCCO)nn1. The topological polar surface area (TPSA) is 54.2 Å². The van der Waals surface area contributed by atoms with E-state index in [1.807, 2.05) is 25.0 Å². The maximum Gasteiger partial charge on any atom is 0.0828 e. The maximum atomic E-state index is 8.65. The molecule has 0 aromatic carbocycles. The molecule has 0 unspecified atom stereocenters. The molecular formula is C9H18N4O. The fourth-order valence-electron chi connectivity index (χ4n) is 1.12. The molecule has 14 heavy (non-hydrogen) atoms. The van der Waals surface area contributed by atoms with Gasteiger partial charge in [0.05, 0.1) is 12.2 Å². The number of rotatable bonds is 6. The zero-order valence-corrected chi connectivity index (χ0v) is 8.85. The Morgan fingerprint density at radius 2 is 2.29 bits per heavy atom. The Kier molecular flexibility index (Phi) is 4.55. The van der Waals surface area contributed by atoms with Crippen LogP contribution in [0.5, 0.6) is 0 Å². The van der Waals surface area contributed by atoms with Gasteiger partial charge in [-0.15, -0.1) is 5.10 Å². The fraction of sp³-hybridized carbons (Fsp3) is 0.778. The Labute approximate surface area is 84.3 Å². The summed E-state index contributed by atoms with van der Waals surface area (Å²) in [5.74, 6) is 0. The molecule has 0 bridgehead atoms. The van der Waals surface area contributed by atoms with Crippen molar-refractivity contribution in [1.29, 1.82) is 0 Å². The quantitative estimate of drug-likeness (QED) is 0.685. The second-order valence-corrected chi connectivity index (χ2v) is 3.60. The minimum absolute atomic E-state index is 0.213. The van der Waals surface area contributed by atoms with E-state index in [1.54, 1.807) is 0 Å². The summed E-state index contributed by atoms with van der Waals surface area (Å²) in [6.45, 7) is 2.03. The molecule has 0 spiro atoms. The van der Waals surface area contributed by atoms with Crippen LogP contribution in [0.3, 0.4) is 0 Å². The smallest absolute Gasteiger partial charge is 0.0828 e. The number of aromatic nitrogens is 3. The minimum atomic E-state index is 0.213. The van der Waals surface area contributed by atoms with Crippen LogP contribution in [0.15, 0.2) is 6.20 Å². The molecule has 0 fully saturated rings. The number of hydrogen-bond acceptors (Lipinski definition) is 4. The number of nitrogens with zero attached hydrogens (tertiary/aromatic N) is 4. The van der Waals surface area contributed by atoms with E-state index in [9.17, 15) is 0 Å². The van der Waals surface area contributed by atoms with Gasteiger partial charge in [0, 0.05) is 19.3 Å². The molecule has 1 aromatic heterocycles. The maximum absolute atomic E-state index is 8.65. The third-order valence-corrected chi connectivity index (χ3v) is 1.95. The molecule has 0 aliphatic heterocycles. The van der Waals surface area contributed by atoms with Crippen LogP contribution in [0.4, 0.5) is 0 Å². The molecule has 0 atom stereocenters. The Hall–Kier alpha value is -0.940. The van der Waals surface area contributed by atoms with Crippen molar-refractivity contribution in [3.05, 3.63) is 11.9 Å². The molecule has 0 amide bonds. The highest BCUT2D eigenvalue weighted by atomic mass is 16.2. The number of aliphatic hydroxyl groups excluding tert-OH is 1. The summed E-state index contributed by atoms with van der Waals surface area (Å²) in [5.41, 5.74) is 0.956. The van der Waals surface area contributed by atoms with Gasteiger partial charge >= 0.3 is 0 Å². The molecular weight excluding hydrogens is 180 g/mol. The van der Waals surface area contributed by atoms with E-state index in [4.69, 9.17) is 5.11 Å². The number of likely N-dealkylation sites (N-methyl/N-ethyl adjacent to an activating group) is 1. The van der Waals surface area contributed by atoms with Crippen LogP contribution >= 0.6 is 0 Å². The zero-order chi connectivity index (χ0) is 10.4. The lowest BCUT2D eigenvalue weighted by atomic mass is 10.3. The van der Waals surface area contributed by atoms with E-state index in [0.29, 0.717) is 0 Å².